The molecule has 2 aromatic rings. The van der Waals surface area contributed by atoms with Crippen molar-refractivity contribution in [3.63, 3.8) is 0 Å². The molecule has 0 amide bonds. The molecule has 78 valence electrons. The van der Waals surface area contributed by atoms with Gasteiger partial charge in [-0.05, 0) is 12.1 Å². The van der Waals surface area contributed by atoms with Crippen LogP contribution in [0.2, 0.25) is 0 Å². The maximum Gasteiger partial charge on any atom is 0.196 e. The highest BCUT2D eigenvalue weighted by atomic mass is 16.3. The Bertz CT molecular complexity index is 639. The van der Waals surface area contributed by atoms with Crippen LogP contribution in [0.3, 0.4) is 0 Å². The van der Waals surface area contributed by atoms with Gasteiger partial charge in [-0.3, -0.25) is 4.99 Å². The first-order chi connectivity index (χ1) is 7.93. The molecular formula is C12H9N3O. The zero-order valence-corrected chi connectivity index (χ0v) is 8.55. The minimum absolute atomic E-state index is 0.807. The molecule has 0 radical (unpaired) electrons. The van der Waals surface area contributed by atoms with E-state index in [4.69, 9.17) is 4.42 Å². The molecule has 0 aliphatic carbocycles. The van der Waals surface area contributed by atoms with E-state index in [1.165, 1.54) is 0 Å². The number of amidine groups is 1. The molecular weight excluding hydrogens is 202 g/mol. The van der Waals surface area contributed by atoms with Gasteiger partial charge in [-0.2, -0.15) is 0 Å². The minimum atomic E-state index is 0.807. The summed E-state index contributed by atoms with van der Waals surface area (Å²) in [6, 6.07) is 7.95. The van der Waals surface area contributed by atoms with Crippen molar-refractivity contribution in [1.82, 2.24) is 4.90 Å². The van der Waals surface area contributed by atoms with Crippen molar-refractivity contribution in [3.05, 3.63) is 30.0 Å². The average Bonchev–Trinajstić information content (AvgIpc) is 2.92. The van der Waals surface area contributed by atoms with E-state index in [-0.39, 0.29) is 0 Å². The number of benzene rings is 1. The smallest absolute Gasteiger partial charge is 0.196 e. The molecule has 0 unspecified atom stereocenters. The highest BCUT2D eigenvalue weighted by molar-refractivity contribution is 6.14. The van der Waals surface area contributed by atoms with Crippen molar-refractivity contribution < 1.29 is 4.42 Å². The molecule has 1 aromatic carbocycles. The number of aliphatic imine (C=N–C) groups is 2. The van der Waals surface area contributed by atoms with Gasteiger partial charge in [0.15, 0.2) is 11.6 Å². The molecule has 2 aliphatic rings. The van der Waals surface area contributed by atoms with Crippen LogP contribution in [0.1, 0.15) is 5.76 Å². The third kappa shape index (κ3) is 0.888. The Kier molecular flexibility index (Phi) is 1.38. The van der Waals surface area contributed by atoms with E-state index in [0.29, 0.717) is 0 Å². The lowest BCUT2D eigenvalue weighted by molar-refractivity contribution is 0.580. The van der Waals surface area contributed by atoms with E-state index in [9.17, 15) is 0 Å². The van der Waals surface area contributed by atoms with Crippen LogP contribution in [0.15, 0.2) is 38.7 Å². The molecule has 3 heterocycles. The normalized spacial score (nSPS) is 17.5. The summed E-state index contributed by atoms with van der Waals surface area (Å²) in [5.41, 5.74) is 1.79. The summed E-state index contributed by atoms with van der Waals surface area (Å²) in [7, 11) is 0. The number of rotatable bonds is 0. The molecule has 0 saturated heterocycles. The number of para-hydroxylation sites is 1. The quantitative estimate of drug-likeness (QED) is 0.670. The molecule has 0 bridgehead atoms. The molecule has 0 spiro atoms. The van der Waals surface area contributed by atoms with E-state index < -0.39 is 0 Å². The number of fused-ring (bicyclic) bond motifs is 5. The molecule has 4 heteroatoms. The largest absolute Gasteiger partial charge is 0.450 e. The lowest BCUT2D eigenvalue weighted by Gasteiger charge is -2.16. The summed E-state index contributed by atoms with van der Waals surface area (Å²) in [4.78, 5) is 10.9. The first kappa shape index (κ1) is 8.10. The van der Waals surface area contributed by atoms with Gasteiger partial charge in [0, 0.05) is 11.9 Å². The monoisotopic (exact) mass is 211 g/mol. The van der Waals surface area contributed by atoms with Crippen molar-refractivity contribution in [1.29, 1.82) is 0 Å². The summed E-state index contributed by atoms with van der Waals surface area (Å²) < 4.78 is 5.82. The van der Waals surface area contributed by atoms with Crippen molar-refractivity contribution in [2.75, 3.05) is 13.1 Å². The Hall–Kier alpha value is -2.10. The molecule has 4 rings (SSSR count). The van der Waals surface area contributed by atoms with E-state index >= 15 is 0 Å². The Balaban J connectivity index is 2.09. The molecule has 16 heavy (non-hydrogen) atoms. The Morgan fingerprint density at radius 1 is 1.25 bits per heavy atom. The minimum Gasteiger partial charge on any atom is -0.450 e. The first-order valence-electron chi connectivity index (χ1n) is 5.31. The SMILES string of the molecule is C1=Nc2c(oc3ccccc23)C2=NCCN12. The number of hydrogen-bond acceptors (Lipinski definition) is 4. The summed E-state index contributed by atoms with van der Waals surface area (Å²) in [6.45, 7) is 1.72. The third-order valence-electron chi connectivity index (χ3n) is 2.97. The molecule has 1 aromatic heterocycles. The molecule has 0 fully saturated rings. The van der Waals surface area contributed by atoms with E-state index in [1.54, 1.807) is 0 Å². The van der Waals surface area contributed by atoms with Gasteiger partial charge in [-0.15, -0.1) is 0 Å². The predicted molar refractivity (Wildman–Crippen MR) is 62.5 cm³/mol. The average molecular weight is 211 g/mol. The second kappa shape index (κ2) is 2.72. The standard InChI is InChI=1S/C12H9N3O/c1-2-4-9-8(3-1)10-11(16-9)12-13-5-6-15(12)7-14-10/h1-4,7H,5-6H2. The Morgan fingerprint density at radius 3 is 3.19 bits per heavy atom. The number of furan rings is 1. The van der Waals surface area contributed by atoms with Crippen molar-refractivity contribution >= 4 is 28.8 Å². The maximum absolute atomic E-state index is 5.82. The van der Waals surface area contributed by atoms with Gasteiger partial charge in [0.1, 0.15) is 11.3 Å². The van der Waals surface area contributed by atoms with Crippen molar-refractivity contribution in [3.8, 4) is 0 Å². The highest BCUT2D eigenvalue weighted by Gasteiger charge is 2.28. The fourth-order valence-corrected chi connectivity index (χ4v) is 2.21. The van der Waals surface area contributed by atoms with Crippen LogP contribution >= 0.6 is 0 Å². The van der Waals surface area contributed by atoms with Gasteiger partial charge in [-0.1, -0.05) is 12.1 Å². The van der Waals surface area contributed by atoms with Gasteiger partial charge in [0.25, 0.3) is 0 Å². The second-order valence-electron chi connectivity index (χ2n) is 3.92. The lowest BCUT2D eigenvalue weighted by Crippen LogP contribution is -2.28. The van der Waals surface area contributed by atoms with Gasteiger partial charge in [0.05, 0.1) is 12.9 Å². The first-order valence-corrected chi connectivity index (χ1v) is 5.31. The summed E-state index contributed by atoms with van der Waals surface area (Å²) in [6.07, 6.45) is 1.84. The highest BCUT2D eigenvalue weighted by Crippen LogP contribution is 2.36. The topological polar surface area (TPSA) is 41.1 Å². The van der Waals surface area contributed by atoms with E-state index in [2.05, 4.69) is 9.98 Å². The van der Waals surface area contributed by atoms with Crippen molar-refractivity contribution in [2.24, 2.45) is 9.98 Å². The molecule has 0 saturated carbocycles. The predicted octanol–water partition coefficient (Wildman–Crippen LogP) is 2.17. The fourth-order valence-electron chi connectivity index (χ4n) is 2.21. The van der Waals surface area contributed by atoms with Gasteiger partial charge in [0.2, 0.25) is 0 Å². The second-order valence-corrected chi connectivity index (χ2v) is 3.92. The van der Waals surface area contributed by atoms with E-state index in [0.717, 1.165) is 41.3 Å². The van der Waals surface area contributed by atoms with Crippen LogP contribution in [0.25, 0.3) is 11.0 Å². The molecule has 0 N–H and O–H groups in total. The van der Waals surface area contributed by atoms with E-state index in [1.807, 2.05) is 35.5 Å². The van der Waals surface area contributed by atoms with Crippen LogP contribution in [0.5, 0.6) is 0 Å². The Morgan fingerprint density at radius 2 is 2.19 bits per heavy atom. The summed E-state index contributed by atoms with van der Waals surface area (Å²) >= 11 is 0. The van der Waals surface area contributed by atoms with Crippen molar-refractivity contribution in [2.45, 2.75) is 0 Å². The van der Waals surface area contributed by atoms with Crippen LogP contribution < -0.4 is 0 Å². The van der Waals surface area contributed by atoms with Crippen LogP contribution in [0.4, 0.5) is 5.69 Å². The summed E-state index contributed by atoms with van der Waals surface area (Å²) in [5.74, 6) is 1.72. The number of nitrogens with zero attached hydrogens (tertiary/aromatic N) is 3. The molecule has 4 nitrogen and oxygen atoms in total. The van der Waals surface area contributed by atoms with Crippen LogP contribution in [0, 0.1) is 0 Å². The lowest BCUT2D eigenvalue weighted by atomic mass is 10.2. The van der Waals surface area contributed by atoms with Crippen LogP contribution in [-0.4, -0.2) is 30.2 Å². The fraction of sp³-hybridized carbons (Fsp3) is 0.167. The third-order valence-corrected chi connectivity index (χ3v) is 2.97. The van der Waals surface area contributed by atoms with Crippen LogP contribution in [-0.2, 0) is 0 Å². The molecule has 0 atom stereocenters. The zero-order valence-electron chi connectivity index (χ0n) is 8.55. The maximum atomic E-state index is 5.82. The number of hydrogen-bond donors (Lipinski definition) is 0. The summed E-state index contributed by atoms with van der Waals surface area (Å²) in [5, 5.41) is 1.06. The van der Waals surface area contributed by atoms with Gasteiger partial charge >= 0.3 is 0 Å². The van der Waals surface area contributed by atoms with Gasteiger partial charge in [-0.25, -0.2) is 4.99 Å². The van der Waals surface area contributed by atoms with Gasteiger partial charge < -0.3 is 9.32 Å². The zero-order chi connectivity index (χ0) is 10.5. The molecule has 2 aliphatic heterocycles. The Labute approximate surface area is 91.9 Å².